The topological polar surface area (TPSA) is 90.7 Å². The lowest BCUT2D eigenvalue weighted by Gasteiger charge is -2.11. The lowest BCUT2D eigenvalue weighted by molar-refractivity contribution is -0.124. The van der Waals surface area contributed by atoms with Crippen LogP contribution in [0.3, 0.4) is 0 Å². The Labute approximate surface area is 185 Å². The number of benzene rings is 2. The van der Waals surface area contributed by atoms with E-state index in [0.717, 1.165) is 27.5 Å². The highest BCUT2D eigenvalue weighted by atomic mass is 32.2. The summed E-state index contributed by atoms with van der Waals surface area (Å²) in [6, 6.07) is 14.5. The van der Waals surface area contributed by atoms with Gasteiger partial charge in [0.2, 0.25) is 0 Å². The highest BCUT2D eigenvalue weighted by Gasteiger charge is 2.16. The van der Waals surface area contributed by atoms with E-state index in [1.54, 1.807) is 19.2 Å². The first-order valence-electron chi connectivity index (χ1n) is 9.69. The molecular weight excluding hydrogens is 416 g/mol. The number of rotatable bonds is 9. The molecule has 0 aliphatic heterocycles. The Balaban J connectivity index is 1.55. The molecule has 0 radical (unpaired) electrons. The first-order chi connectivity index (χ1) is 15.0. The van der Waals surface area contributed by atoms with Crippen LogP contribution in [0.4, 0.5) is 0 Å². The van der Waals surface area contributed by atoms with Crippen LogP contribution in [0.1, 0.15) is 32.9 Å². The van der Waals surface area contributed by atoms with Gasteiger partial charge in [0, 0.05) is 28.3 Å². The first kappa shape index (κ1) is 22.4. The summed E-state index contributed by atoms with van der Waals surface area (Å²) in [6.07, 6.45) is 0. The third-order valence-corrected chi connectivity index (χ3v) is 5.76. The zero-order chi connectivity index (χ0) is 22.2. The number of hydrogen-bond acceptors (Lipinski definition) is 7. The Morgan fingerprint density at radius 3 is 2.58 bits per heavy atom. The minimum Gasteiger partial charge on any atom is -0.496 e. The molecule has 1 aromatic heterocycles. The maximum absolute atomic E-state index is 12.6. The molecular formula is C23H24N2O5S. The van der Waals surface area contributed by atoms with Crippen LogP contribution in [0, 0.1) is 13.8 Å². The Morgan fingerprint density at radius 2 is 1.84 bits per heavy atom. The van der Waals surface area contributed by atoms with Crippen LogP contribution in [-0.4, -0.2) is 30.7 Å². The second kappa shape index (κ2) is 10.7. The summed E-state index contributed by atoms with van der Waals surface area (Å²) < 4.78 is 15.7. The van der Waals surface area contributed by atoms with Crippen molar-refractivity contribution in [2.75, 3.05) is 13.7 Å². The van der Waals surface area contributed by atoms with Gasteiger partial charge in [-0.3, -0.25) is 4.79 Å². The van der Waals surface area contributed by atoms with Gasteiger partial charge in [-0.25, -0.2) is 4.79 Å². The van der Waals surface area contributed by atoms with Crippen LogP contribution >= 0.6 is 11.8 Å². The molecule has 0 saturated carbocycles. The van der Waals surface area contributed by atoms with E-state index in [2.05, 4.69) is 10.5 Å². The van der Waals surface area contributed by atoms with Gasteiger partial charge in [-0.05, 0) is 32.0 Å². The van der Waals surface area contributed by atoms with Gasteiger partial charge in [-0.15, -0.1) is 11.8 Å². The second-order valence-corrected chi connectivity index (χ2v) is 7.77. The van der Waals surface area contributed by atoms with Gasteiger partial charge in [0.05, 0.1) is 18.4 Å². The van der Waals surface area contributed by atoms with Crippen molar-refractivity contribution in [2.45, 2.75) is 31.0 Å². The van der Waals surface area contributed by atoms with E-state index in [9.17, 15) is 9.59 Å². The van der Waals surface area contributed by atoms with Gasteiger partial charge in [0.1, 0.15) is 11.5 Å². The third kappa shape index (κ3) is 5.88. The number of esters is 1. The van der Waals surface area contributed by atoms with E-state index in [0.29, 0.717) is 17.1 Å². The number of para-hydroxylation sites is 1. The number of amides is 1. The van der Waals surface area contributed by atoms with Crippen molar-refractivity contribution in [1.82, 2.24) is 10.5 Å². The summed E-state index contributed by atoms with van der Waals surface area (Å²) in [5.41, 5.74) is 3.09. The maximum Gasteiger partial charge on any atom is 0.339 e. The zero-order valence-corrected chi connectivity index (χ0v) is 18.5. The molecule has 1 N–H and O–H groups in total. The predicted octanol–water partition coefficient (Wildman–Crippen LogP) is 4.07. The summed E-state index contributed by atoms with van der Waals surface area (Å²) in [7, 11) is 1.57. The largest absolute Gasteiger partial charge is 0.496 e. The van der Waals surface area contributed by atoms with Gasteiger partial charge in [0.25, 0.3) is 5.91 Å². The molecule has 3 aromatic rings. The summed E-state index contributed by atoms with van der Waals surface area (Å²) in [5.74, 6) is 1.13. The van der Waals surface area contributed by atoms with Crippen LogP contribution in [0.5, 0.6) is 5.75 Å². The number of methoxy groups -OCH3 is 1. The van der Waals surface area contributed by atoms with Gasteiger partial charge in [0.15, 0.2) is 6.61 Å². The zero-order valence-electron chi connectivity index (χ0n) is 17.6. The molecule has 0 bridgehead atoms. The van der Waals surface area contributed by atoms with Crippen LogP contribution in [0.15, 0.2) is 57.9 Å². The average Bonchev–Trinajstić information content (AvgIpc) is 3.12. The van der Waals surface area contributed by atoms with Gasteiger partial charge < -0.3 is 19.3 Å². The highest BCUT2D eigenvalue weighted by Crippen LogP contribution is 2.29. The molecule has 7 nitrogen and oxygen atoms in total. The summed E-state index contributed by atoms with van der Waals surface area (Å²) >= 11 is 1.49. The number of hydrogen-bond donors (Lipinski definition) is 1. The van der Waals surface area contributed by atoms with Crippen molar-refractivity contribution in [1.29, 1.82) is 0 Å². The minimum absolute atomic E-state index is 0.282. The summed E-state index contributed by atoms with van der Waals surface area (Å²) in [6.45, 7) is 3.66. The van der Waals surface area contributed by atoms with Crippen LogP contribution in [0.2, 0.25) is 0 Å². The van der Waals surface area contributed by atoms with Crippen molar-refractivity contribution in [3.63, 3.8) is 0 Å². The van der Waals surface area contributed by atoms with E-state index in [1.165, 1.54) is 11.8 Å². The smallest absolute Gasteiger partial charge is 0.339 e. The molecule has 0 unspecified atom stereocenters. The molecule has 2 aromatic carbocycles. The third-order valence-electron chi connectivity index (χ3n) is 4.66. The SMILES string of the molecule is COc1ccccc1CNC(=O)COC(=O)c1ccccc1SCc1c(C)noc1C. The number of carbonyl (C=O) groups excluding carboxylic acids is 2. The lowest BCUT2D eigenvalue weighted by atomic mass is 10.2. The second-order valence-electron chi connectivity index (χ2n) is 6.75. The van der Waals surface area contributed by atoms with Crippen LogP contribution in [-0.2, 0) is 21.8 Å². The molecule has 1 amide bonds. The molecule has 0 aliphatic carbocycles. The van der Waals surface area contributed by atoms with Crippen molar-refractivity contribution in [3.05, 3.63) is 76.7 Å². The molecule has 1 heterocycles. The Bertz CT molecular complexity index is 1040. The Hall–Kier alpha value is -3.26. The van der Waals surface area contributed by atoms with Gasteiger partial charge in [-0.1, -0.05) is 35.5 Å². The fourth-order valence-corrected chi connectivity index (χ4v) is 4.12. The number of ether oxygens (including phenoxy) is 2. The quantitative estimate of drug-likeness (QED) is 0.396. The molecule has 0 atom stereocenters. The Kier molecular flexibility index (Phi) is 7.72. The normalized spacial score (nSPS) is 10.5. The predicted molar refractivity (Wildman–Crippen MR) is 117 cm³/mol. The van der Waals surface area contributed by atoms with Crippen molar-refractivity contribution < 1.29 is 23.6 Å². The number of aryl methyl sites for hydroxylation is 2. The Morgan fingerprint density at radius 1 is 1.10 bits per heavy atom. The van der Waals surface area contributed by atoms with Crippen LogP contribution < -0.4 is 10.1 Å². The lowest BCUT2D eigenvalue weighted by Crippen LogP contribution is -2.28. The maximum atomic E-state index is 12.6. The van der Waals surface area contributed by atoms with Crippen molar-refractivity contribution >= 4 is 23.6 Å². The first-order valence-corrected chi connectivity index (χ1v) is 10.7. The molecule has 3 rings (SSSR count). The fraction of sp³-hybridized carbons (Fsp3) is 0.261. The van der Waals surface area contributed by atoms with E-state index < -0.39 is 5.97 Å². The number of thioether (sulfide) groups is 1. The number of carbonyl (C=O) groups is 2. The van der Waals surface area contributed by atoms with Gasteiger partial charge in [-0.2, -0.15) is 0 Å². The van der Waals surface area contributed by atoms with E-state index >= 15 is 0 Å². The molecule has 0 fully saturated rings. The average molecular weight is 441 g/mol. The molecule has 0 saturated heterocycles. The monoisotopic (exact) mass is 440 g/mol. The fourth-order valence-electron chi connectivity index (χ4n) is 2.92. The molecule has 162 valence electrons. The van der Waals surface area contributed by atoms with Crippen LogP contribution in [0.25, 0.3) is 0 Å². The summed E-state index contributed by atoms with van der Waals surface area (Å²) in [4.78, 5) is 25.5. The summed E-state index contributed by atoms with van der Waals surface area (Å²) in [5, 5.41) is 6.69. The number of nitrogens with one attached hydrogen (secondary N) is 1. The standard InChI is InChI=1S/C23H24N2O5S/c1-15-19(16(2)30-25-15)14-31-21-11-7-5-9-18(21)23(27)29-13-22(26)24-12-17-8-4-6-10-20(17)28-3/h4-11H,12-14H2,1-3H3,(H,24,26). The number of aromatic nitrogens is 1. The van der Waals surface area contributed by atoms with E-state index in [-0.39, 0.29) is 19.1 Å². The van der Waals surface area contributed by atoms with E-state index in [1.807, 2.05) is 50.2 Å². The minimum atomic E-state index is -0.547. The highest BCUT2D eigenvalue weighted by molar-refractivity contribution is 7.98. The molecule has 0 spiro atoms. The number of nitrogens with zero attached hydrogens (tertiary/aromatic N) is 1. The van der Waals surface area contributed by atoms with E-state index in [4.69, 9.17) is 14.0 Å². The molecule has 8 heteroatoms. The van der Waals surface area contributed by atoms with Crippen molar-refractivity contribution in [2.24, 2.45) is 0 Å². The van der Waals surface area contributed by atoms with Crippen molar-refractivity contribution in [3.8, 4) is 5.75 Å². The molecule has 0 aliphatic rings. The van der Waals surface area contributed by atoms with Gasteiger partial charge >= 0.3 is 5.97 Å². The molecule has 31 heavy (non-hydrogen) atoms.